The summed E-state index contributed by atoms with van der Waals surface area (Å²) >= 11 is 5.98. The number of hydrogen-bond donors (Lipinski definition) is 2. The fourth-order valence-electron chi connectivity index (χ4n) is 4.71. The highest BCUT2D eigenvalue weighted by Gasteiger charge is 2.37. The smallest absolute Gasteiger partial charge is 0.261 e. The second kappa shape index (κ2) is 7.78. The molecule has 2 aliphatic rings. The number of hydrogen-bond acceptors (Lipinski definition) is 5. The largest absolute Gasteiger partial charge is 0.338 e. The van der Waals surface area contributed by atoms with Gasteiger partial charge in [-0.05, 0) is 69.1 Å². The first-order valence-electron chi connectivity index (χ1n) is 10.4. The van der Waals surface area contributed by atoms with Crippen LogP contribution in [0.25, 0.3) is 10.9 Å². The van der Waals surface area contributed by atoms with Gasteiger partial charge in [0, 0.05) is 22.9 Å². The van der Waals surface area contributed by atoms with Crippen LogP contribution in [0.2, 0.25) is 5.02 Å². The molecule has 2 fully saturated rings. The zero-order valence-corrected chi connectivity index (χ0v) is 17.3. The first-order valence-corrected chi connectivity index (χ1v) is 10.8. The first kappa shape index (κ1) is 19.2. The Bertz CT molecular complexity index is 1160. The predicted octanol–water partition coefficient (Wildman–Crippen LogP) is 4.06. The molecule has 2 aromatic heterocycles. The second-order valence-corrected chi connectivity index (χ2v) is 8.59. The van der Waals surface area contributed by atoms with E-state index in [4.69, 9.17) is 16.7 Å². The highest BCUT2D eigenvalue weighted by molar-refractivity contribution is 6.30. The van der Waals surface area contributed by atoms with Crippen molar-refractivity contribution in [1.29, 1.82) is 5.26 Å². The number of halogens is 1. The van der Waals surface area contributed by atoms with Gasteiger partial charge < -0.3 is 15.2 Å². The summed E-state index contributed by atoms with van der Waals surface area (Å²) in [5.41, 5.74) is 1.35. The average molecular weight is 423 g/mol. The van der Waals surface area contributed by atoms with Crippen LogP contribution in [-0.2, 0) is 0 Å². The van der Waals surface area contributed by atoms with Gasteiger partial charge in [-0.3, -0.25) is 9.48 Å². The van der Waals surface area contributed by atoms with Gasteiger partial charge in [0.15, 0.2) is 5.82 Å². The van der Waals surface area contributed by atoms with Crippen molar-refractivity contribution in [3.05, 3.63) is 51.9 Å². The Balaban J connectivity index is 1.51. The molecule has 0 spiro atoms. The average Bonchev–Trinajstić information content (AvgIpc) is 3.08. The van der Waals surface area contributed by atoms with Crippen LogP contribution >= 0.6 is 11.6 Å². The first-order chi connectivity index (χ1) is 14.6. The lowest BCUT2D eigenvalue weighted by Crippen LogP contribution is -2.48. The van der Waals surface area contributed by atoms with E-state index < -0.39 is 0 Å². The molecule has 3 atom stereocenters. The molecule has 1 aliphatic carbocycles. The third kappa shape index (κ3) is 3.36. The molecule has 1 unspecified atom stereocenters. The Kier molecular flexibility index (Phi) is 4.97. The maximum absolute atomic E-state index is 12.6. The second-order valence-electron chi connectivity index (χ2n) is 8.15. The number of aromatic amines is 1. The number of nitrogens with zero attached hydrogens (tertiary/aromatic N) is 4. The van der Waals surface area contributed by atoms with E-state index in [0.29, 0.717) is 22.3 Å². The Hall–Kier alpha value is -2.82. The predicted molar refractivity (Wildman–Crippen MR) is 117 cm³/mol. The van der Waals surface area contributed by atoms with Crippen molar-refractivity contribution in [2.45, 2.75) is 37.8 Å². The van der Waals surface area contributed by atoms with Gasteiger partial charge in [-0.2, -0.15) is 10.4 Å². The lowest BCUT2D eigenvalue weighted by molar-refractivity contribution is 0.0657. The van der Waals surface area contributed by atoms with E-state index in [0.717, 1.165) is 43.6 Å². The van der Waals surface area contributed by atoms with Crippen LogP contribution in [0.5, 0.6) is 0 Å². The van der Waals surface area contributed by atoms with Crippen molar-refractivity contribution >= 4 is 34.0 Å². The molecule has 1 aromatic carbocycles. The fraction of sp³-hybridized carbons (Fsp3) is 0.409. The number of rotatable bonds is 4. The van der Waals surface area contributed by atoms with Gasteiger partial charge in [0.2, 0.25) is 0 Å². The maximum atomic E-state index is 12.6. The molecule has 30 heavy (non-hydrogen) atoms. The number of aromatic nitrogens is 3. The lowest BCUT2D eigenvalue weighted by atomic mass is 9.81. The summed E-state index contributed by atoms with van der Waals surface area (Å²) in [5.74, 6) is 0.367. The van der Waals surface area contributed by atoms with Gasteiger partial charge in [0.1, 0.15) is 5.39 Å². The Morgan fingerprint density at radius 2 is 2.00 bits per heavy atom. The molecular weight excluding hydrogens is 400 g/mol. The summed E-state index contributed by atoms with van der Waals surface area (Å²) in [5, 5.41) is 19.1. The van der Waals surface area contributed by atoms with Crippen LogP contribution in [0.4, 0.5) is 11.5 Å². The minimum atomic E-state index is -0.196. The van der Waals surface area contributed by atoms with E-state index in [1.54, 1.807) is 18.3 Å². The summed E-state index contributed by atoms with van der Waals surface area (Å²) < 4.78 is 1.89. The number of H-pyrrole nitrogens is 1. The Labute approximate surface area is 179 Å². The number of anilines is 2. The molecular formula is C22H23ClN6O. The van der Waals surface area contributed by atoms with Crippen molar-refractivity contribution in [3.63, 3.8) is 0 Å². The molecule has 1 saturated carbocycles. The number of pyridine rings is 1. The Morgan fingerprint density at radius 1 is 1.20 bits per heavy atom. The van der Waals surface area contributed by atoms with Crippen molar-refractivity contribution in [2.75, 3.05) is 18.4 Å². The summed E-state index contributed by atoms with van der Waals surface area (Å²) in [4.78, 5) is 17.9. The zero-order valence-electron chi connectivity index (χ0n) is 16.5. The van der Waals surface area contributed by atoms with Crippen LogP contribution in [-0.4, -0.2) is 38.8 Å². The number of likely N-dealkylation sites (tertiary alicyclic amines) is 1. The summed E-state index contributed by atoms with van der Waals surface area (Å²) in [6, 6.07) is 12.1. The fourth-order valence-corrected chi connectivity index (χ4v) is 4.84. The van der Waals surface area contributed by atoms with E-state index in [2.05, 4.69) is 21.3 Å². The molecule has 1 aliphatic heterocycles. The van der Waals surface area contributed by atoms with Crippen molar-refractivity contribution < 1.29 is 0 Å². The molecule has 3 heterocycles. The zero-order chi connectivity index (χ0) is 20.7. The summed E-state index contributed by atoms with van der Waals surface area (Å²) in [6.07, 6.45) is 5.67. The summed E-state index contributed by atoms with van der Waals surface area (Å²) in [7, 11) is 0. The standard InChI is InChI=1S/C22H23ClN6O/c23-15-2-4-16(5-3-15)26-21-20-19(8-9-25-22(20)30)29(27-21)18-7-6-17(12-14(18)13-24)28-10-1-11-28/h2-5,8-9,14,17-18H,1,6-7,10-12H2,(H,25,30)(H,26,27)/t14?,17-,18+/m1/s1. The number of fused-ring (bicyclic) bond motifs is 1. The molecule has 0 bridgehead atoms. The number of nitrogens with one attached hydrogen (secondary N) is 2. The van der Waals surface area contributed by atoms with Gasteiger partial charge >= 0.3 is 0 Å². The molecule has 154 valence electrons. The number of benzene rings is 1. The van der Waals surface area contributed by atoms with Crippen LogP contribution < -0.4 is 10.9 Å². The highest BCUT2D eigenvalue weighted by Crippen LogP contribution is 2.39. The maximum Gasteiger partial charge on any atom is 0.261 e. The molecule has 0 amide bonds. The van der Waals surface area contributed by atoms with E-state index in [-0.39, 0.29) is 17.5 Å². The minimum absolute atomic E-state index is 0.0439. The Morgan fingerprint density at radius 3 is 2.70 bits per heavy atom. The normalized spacial score (nSPS) is 24.3. The molecule has 5 rings (SSSR count). The van der Waals surface area contributed by atoms with Gasteiger partial charge in [0.05, 0.1) is 23.5 Å². The van der Waals surface area contributed by atoms with Crippen molar-refractivity contribution in [3.8, 4) is 6.07 Å². The molecule has 0 radical (unpaired) electrons. The third-order valence-electron chi connectivity index (χ3n) is 6.41. The minimum Gasteiger partial charge on any atom is -0.338 e. The van der Waals surface area contributed by atoms with Crippen LogP contribution in [0, 0.1) is 17.2 Å². The topological polar surface area (TPSA) is 89.7 Å². The van der Waals surface area contributed by atoms with Crippen LogP contribution in [0.1, 0.15) is 31.7 Å². The van der Waals surface area contributed by atoms with E-state index in [1.165, 1.54) is 6.42 Å². The quantitative estimate of drug-likeness (QED) is 0.661. The molecule has 8 heteroatoms. The van der Waals surface area contributed by atoms with E-state index in [9.17, 15) is 10.1 Å². The molecule has 3 aromatic rings. The number of nitriles is 1. The monoisotopic (exact) mass is 422 g/mol. The highest BCUT2D eigenvalue weighted by atomic mass is 35.5. The lowest BCUT2D eigenvalue weighted by Gasteiger charge is -2.43. The molecule has 2 N–H and O–H groups in total. The van der Waals surface area contributed by atoms with E-state index >= 15 is 0 Å². The van der Waals surface area contributed by atoms with Gasteiger partial charge in [0.25, 0.3) is 5.56 Å². The molecule has 7 nitrogen and oxygen atoms in total. The van der Waals surface area contributed by atoms with Gasteiger partial charge in [-0.15, -0.1) is 0 Å². The summed E-state index contributed by atoms with van der Waals surface area (Å²) in [6.45, 7) is 2.28. The van der Waals surface area contributed by atoms with E-state index in [1.807, 2.05) is 22.9 Å². The van der Waals surface area contributed by atoms with Crippen molar-refractivity contribution in [2.24, 2.45) is 5.92 Å². The molecule has 1 saturated heterocycles. The SMILES string of the molecule is N#CC1C[C@H](N2CCC2)CC[C@@H]1n1nc(Nc2ccc(Cl)cc2)c2c(=O)[nH]ccc21. The van der Waals surface area contributed by atoms with Crippen LogP contribution in [0.15, 0.2) is 41.3 Å². The van der Waals surface area contributed by atoms with Gasteiger partial charge in [-0.1, -0.05) is 11.6 Å². The van der Waals surface area contributed by atoms with Gasteiger partial charge in [-0.25, -0.2) is 0 Å². The van der Waals surface area contributed by atoms with Crippen LogP contribution in [0.3, 0.4) is 0 Å². The van der Waals surface area contributed by atoms with Crippen molar-refractivity contribution in [1.82, 2.24) is 19.7 Å². The third-order valence-corrected chi connectivity index (χ3v) is 6.66.